The molecular weight excluding hydrogens is 461 g/mol. The van der Waals surface area contributed by atoms with Crippen molar-refractivity contribution in [1.82, 2.24) is 14.9 Å². The van der Waals surface area contributed by atoms with E-state index in [4.69, 9.17) is 38.4 Å². The fraction of sp³-hybridized carbons (Fsp3) is 0.333. The Kier molecular flexibility index (Phi) is 7.42. The van der Waals surface area contributed by atoms with Crippen LogP contribution in [0.1, 0.15) is 18.4 Å². The summed E-state index contributed by atoms with van der Waals surface area (Å²) in [7, 11) is 1.55. The summed E-state index contributed by atoms with van der Waals surface area (Å²) in [5.74, 6) is 1.99. The van der Waals surface area contributed by atoms with Crippen molar-refractivity contribution in [1.29, 1.82) is 0 Å². The summed E-state index contributed by atoms with van der Waals surface area (Å²) in [4.78, 5) is 11.3. The molecule has 0 bridgehead atoms. The van der Waals surface area contributed by atoms with Crippen LogP contribution in [0.5, 0.6) is 11.5 Å². The monoisotopic (exact) mass is 487 g/mol. The topological polar surface area (TPSA) is 85.5 Å². The number of nitrogens with one attached hydrogen (secondary N) is 1. The first-order chi connectivity index (χ1) is 15.9. The normalized spacial score (nSPS) is 13.8. The van der Waals surface area contributed by atoms with Crippen LogP contribution in [0, 0.1) is 6.92 Å². The highest BCUT2D eigenvalue weighted by Crippen LogP contribution is 2.37. The van der Waals surface area contributed by atoms with Crippen LogP contribution in [0.2, 0.25) is 10.0 Å². The molecule has 7 nitrogen and oxygen atoms in total. The Hall–Kier alpha value is -2.74. The summed E-state index contributed by atoms with van der Waals surface area (Å²) in [6.45, 7) is 5.82. The van der Waals surface area contributed by atoms with Gasteiger partial charge in [-0.2, -0.15) is 4.98 Å². The van der Waals surface area contributed by atoms with Gasteiger partial charge in [0.05, 0.1) is 28.5 Å². The molecule has 1 aliphatic heterocycles. The Balaban J connectivity index is 1.57. The zero-order chi connectivity index (χ0) is 23.4. The summed E-state index contributed by atoms with van der Waals surface area (Å²) in [5.41, 5.74) is 9.08. The van der Waals surface area contributed by atoms with Crippen molar-refractivity contribution in [2.45, 2.75) is 19.8 Å². The van der Waals surface area contributed by atoms with Crippen molar-refractivity contribution in [3.63, 3.8) is 0 Å². The molecule has 0 radical (unpaired) electrons. The molecule has 3 aromatic rings. The fourth-order valence-corrected chi connectivity index (χ4v) is 4.39. The van der Waals surface area contributed by atoms with Gasteiger partial charge in [0, 0.05) is 23.7 Å². The summed E-state index contributed by atoms with van der Waals surface area (Å²) >= 11 is 12.5. The third kappa shape index (κ3) is 5.61. The largest absolute Gasteiger partial charge is 0.495 e. The van der Waals surface area contributed by atoms with Crippen LogP contribution in [0.15, 0.2) is 36.4 Å². The molecular formula is C24H27Cl2N5O2. The number of hydrogen-bond donors (Lipinski definition) is 2. The van der Waals surface area contributed by atoms with Crippen molar-refractivity contribution in [3.8, 4) is 22.8 Å². The second-order valence-electron chi connectivity index (χ2n) is 7.92. The van der Waals surface area contributed by atoms with Crippen LogP contribution in [-0.4, -0.2) is 48.2 Å². The lowest BCUT2D eigenvalue weighted by Crippen LogP contribution is -2.25. The van der Waals surface area contributed by atoms with Crippen LogP contribution >= 0.6 is 23.2 Å². The number of anilines is 3. The molecule has 0 spiro atoms. The van der Waals surface area contributed by atoms with E-state index in [2.05, 4.69) is 20.2 Å². The van der Waals surface area contributed by atoms with Gasteiger partial charge in [0.25, 0.3) is 0 Å². The lowest BCUT2D eigenvalue weighted by Gasteiger charge is -2.16. The van der Waals surface area contributed by atoms with Gasteiger partial charge in [0.2, 0.25) is 5.95 Å². The zero-order valence-electron chi connectivity index (χ0n) is 18.7. The first-order valence-electron chi connectivity index (χ1n) is 10.8. The molecule has 0 saturated carbocycles. The highest BCUT2D eigenvalue weighted by Gasteiger charge is 2.16. The molecule has 2 heterocycles. The van der Waals surface area contributed by atoms with Crippen molar-refractivity contribution in [2.24, 2.45) is 0 Å². The Morgan fingerprint density at radius 2 is 1.88 bits per heavy atom. The first kappa shape index (κ1) is 23.4. The highest BCUT2D eigenvalue weighted by atomic mass is 35.5. The van der Waals surface area contributed by atoms with E-state index in [-0.39, 0.29) is 5.95 Å². The maximum Gasteiger partial charge on any atom is 0.222 e. The van der Waals surface area contributed by atoms with E-state index in [1.165, 1.54) is 12.8 Å². The number of ether oxygens (including phenoxy) is 2. The van der Waals surface area contributed by atoms with E-state index < -0.39 is 0 Å². The van der Waals surface area contributed by atoms with Crippen LogP contribution in [-0.2, 0) is 0 Å². The van der Waals surface area contributed by atoms with E-state index in [1.54, 1.807) is 19.2 Å². The minimum atomic E-state index is 0.149. The predicted octanol–water partition coefficient (Wildman–Crippen LogP) is 5.57. The van der Waals surface area contributed by atoms with Crippen molar-refractivity contribution in [2.75, 3.05) is 44.4 Å². The second kappa shape index (κ2) is 10.5. The summed E-state index contributed by atoms with van der Waals surface area (Å²) in [5, 5.41) is 4.10. The molecule has 0 amide bonds. The van der Waals surface area contributed by atoms with Gasteiger partial charge in [-0.05, 0) is 51.1 Å². The maximum atomic E-state index is 6.38. The molecule has 33 heavy (non-hydrogen) atoms. The van der Waals surface area contributed by atoms with Crippen LogP contribution in [0.3, 0.4) is 0 Å². The average molecular weight is 488 g/mol. The van der Waals surface area contributed by atoms with Gasteiger partial charge in [-0.25, -0.2) is 4.98 Å². The number of nitrogens with zero attached hydrogens (tertiary/aromatic N) is 3. The van der Waals surface area contributed by atoms with Gasteiger partial charge >= 0.3 is 0 Å². The smallest absolute Gasteiger partial charge is 0.222 e. The van der Waals surface area contributed by atoms with Crippen molar-refractivity contribution < 1.29 is 9.47 Å². The average Bonchev–Trinajstić information content (AvgIpc) is 3.31. The number of nitrogen functional groups attached to an aromatic ring is 1. The van der Waals surface area contributed by atoms with Gasteiger partial charge in [0.15, 0.2) is 0 Å². The predicted molar refractivity (Wildman–Crippen MR) is 134 cm³/mol. The SMILES string of the molecule is COc1cc(Nc2nc(N)nc(-c3cccc(OCCN4CCCC4)c3)c2C)c(Cl)cc1Cl. The van der Waals surface area contributed by atoms with E-state index in [1.807, 2.05) is 31.2 Å². The van der Waals surface area contributed by atoms with E-state index in [9.17, 15) is 0 Å². The van der Waals surface area contributed by atoms with Crippen LogP contribution in [0.25, 0.3) is 11.3 Å². The van der Waals surface area contributed by atoms with Gasteiger partial charge < -0.3 is 20.5 Å². The summed E-state index contributed by atoms with van der Waals surface area (Å²) < 4.78 is 11.3. The molecule has 174 valence electrons. The lowest BCUT2D eigenvalue weighted by atomic mass is 10.1. The molecule has 0 atom stereocenters. The Labute approximate surface area is 203 Å². The minimum Gasteiger partial charge on any atom is -0.495 e. The van der Waals surface area contributed by atoms with E-state index >= 15 is 0 Å². The molecule has 1 aromatic heterocycles. The van der Waals surface area contributed by atoms with Crippen LogP contribution < -0.4 is 20.5 Å². The van der Waals surface area contributed by atoms with Gasteiger partial charge in [-0.3, -0.25) is 4.90 Å². The number of halogens is 2. The van der Waals surface area contributed by atoms with Gasteiger partial charge in [0.1, 0.15) is 23.9 Å². The minimum absolute atomic E-state index is 0.149. The van der Waals surface area contributed by atoms with Crippen molar-refractivity contribution >= 4 is 40.7 Å². The van der Waals surface area contributed by atoms with Gasteiger partial charge in [-0.1, -0.05) is 35.3 Å². The molecule has 1 saturated heterocycles. The van der Waals surface area contributed by atoms with Crippen molar-refractivity contribution in [3.05, 3.63) is 52.0 Å². The Bertz CT molecular complexity index is 1140. The number of hydrogen-bond acceptors (Lipinski definition) is 7. The third-order valence-electron chi connectivity index (χ3n) is 5.64. The summed E-state index contributed by atoms with van der Waals surface area (Å²) in [6, 6.07) is 11.2. The quantitative estimate of drug-likeness (QED) is 0.429. The number of aromatic nitrogens is 2. The third-order valence-corrected chi connectivity index (χ3v) is 6.25. The molecule has 9 heteroatoms. The maximum absolute atomic E-state index is 6.38. The fourth-order valence-electron chi connectivity index (χ4n) is 3.88. The number of likely N-dealkylation sites (tertiary alicyclic amines) is 1. The number of rotatable bonds is 8. The highest BCUT2D eigenvalue weighted by molar-refractivity contribution is 6.37. The number of methoxy groups -OCH3 is 1. The van der Waals surface area contributed by atoms with Gasteiger partial charge in [-0.15, -0.1) is 0 Å². The first-order valence-corrected chi connectivity index (χ1v) is 11.6. The number of nitrogens with two attached hydrogens (primary N) is 1. The molecule has 2 aromatic carbocycles. The molecule has 4 rings (SSSR count). The standard InChI is InChI=1S/C24H27Cl2N5O2/c1-15-22(16-6-5-7-17(12-16)33-11-10-31-8-3-4-9-31)29-24(27)30-23(15)28-20-14-21(32-2)19(26)13-18(20)25/h5-7,12-14H,3-4,8-11H2,1-2H3,(H3,27,28,29,30). The molecule has 0 aliphatic carbocycles. The molecule has 1 fully saturated rings. The zero-order valence-corrected chi connectivity index (χ0v) is 20.2. The van der Waals surface area contributed by atoms with Crippen LogP contribution in [0.4, 0.5) is 17.5 Å². The Morgan fingerprint density at radius 1 is 1.09 bits per heavy atom. The Morgan fingerprint density at radius 3 is 2.64 bits per heavy atom. The molecule has 1 aliphatic rings. The number of benzene rings is 2. The molecule has 3 N–H and O–H groups in total. The summed E-state index contributed by atoms with van der Waals surface area (Å²) in [6.07, 6.45) is 2.54. The van der Waals surface area contributed by atoms with E-state index in [0.29, 0.717) is 39.6 Å². The molecule has 0 unspecified atom stereocenters. The van der Waals surface area contributed by atoms with E-state index in [0.717, 1.165) is 36.5 Å². The second-order valence-corrected chi connectivity index (χ2v) is 8.74. The lowest BCUT2D eigenvalue weighted by molar-refractivity contribution is 0.238.